The van der Waals surface area contributed by atoms with Crippen LogP contribution in [0, 0.1) is 0 Å². The summed E-state index contributed by atoms with van der Waals surface area (Å²) in [5.41, 5.74) is -1.65. The first-order chi connectivity index (χ1) is 8.23. The number of carbonyl (C=O) groups is 1. The molecule has 0 aliphatic heterocycles. The van der Waals surface area contributed by atoms with Gasteiger partial charge in [-0.2, -0.15) is 0 Å². The molecule has 18 heavy (non-hydrogen) atoms. The van der Waals surface area contributed by atoms with Crippen molar-refractivity contribution in [2.75, 3.05) is 7.11 Å². The summed E-state index contributed by atoms with van der Waals surface area (Å²) in [4.78, 5) is 24.1. The Bertz CT molecular complexity index is 508. The lowest BCUT2D eigenvalue weighted by molar-refractivity contribution is -0.275. The molecule has 0 fully saturated rings. The Balaban J connectivity index is 3.28. The van der Waals surface area contributed by atoms with Crippen LogP contribution >= 0.6 is 0 Å². The molecule has 6 nitrogen and oxygen atoms in total. The molecule has 0 aliphatic rings. The molecule has 0 aromatic carbocycles. The van der Waals surface area contributed by atoms with Crippen molar-refractivity contribution >= 4 is 5.97 Å². The van der Waals surface area contributed by atoms with Crippen molar-refractivity contribution in [3.05, 3.63) is 22.0 Å². The molecule has 9 heteroatoms. The number of aliphatic carboxylic acids is 1. The third kappa shape index (κ3) is 3.68. The van der Waals surface area contributed by atoms with Crippen LogP contribution in [0.4, 0.5) is 13.2 Å². The molecule has 0 saturated heterocycles. The van der Waals surface area contributed by atoms with Gasteiger partial charge in [0.25, 0.3) is 0 Å². The Morgan fingerprint density at radius 2 is 2.11 bits per heavy atom. The standard InChI is InChI=1S/C9H8F3NO5/c1-17-6-3-5(14)8(18-9(10,11)12)4(13-6)2-7(15)16/h3H,2H2,1H3,(H,13,14)(H,15,16). The van der Waals surface area contributed by atoms with Crippen LogP contribution in [0.15, 0.2) is 10.9 Å². The molecule has 0 atom stereocenters. The number of hydrogen-bond donors (Lipinski definition) is 2. The van der Waals surface area contributed by atoms with Gasteiger partial charge in [0.15, 0.2) is 11.6 Å². The van der Waals surface area contributed by atoms with E-state index in [1.165, 1.54) is 7.11 Å². The fraction of sp³-hybridized carbons (Fsp3) is 0.333. The van der Waals surface area contributed by atoms with Gasteiger partial charge in [-0.05, 0) is 0 Å². The van der Waals surface area contributed by atoms with Crippen LogP contribution in [0.25, 0.3) is 0 Å². The monoisotopic (exact) mass is 267 g/mol. The first-order valence-corrected chi connectivity index (χ1v) is 4.50. The van der Waals surface area contributed by atoms with E-state index in [-0.39, 0.29) is 5.88 Å². The van der Waals surface area contributed by atoms with Gasteiger partial charge in [0.2, 0.25) is 5.43 Å². The van der Waals surface area contributed by atoms with E-state index in [1.54, 1.807) is 0 Å². The highest BCUT2D eigenvalue weighted by Crippen LogP contribution is 2.24. The van der Waals surface area contributed by atoms with E-state index in [0.29, 0.717) is 0 Å². The van der Waals surface area contributed by atoms with Crippen LogP contribution in [0.5, 0.6) is 11.6 Å². The summed E-state index contributed by atoms with van der Waals surface area (Å²) < 4.78 is 44.3. The number of ether oxygens (including phenoxy) is 2. The number of nitrogens with one attached hydrogen (secondary N) is 1. The average Bonchev–Trinajstić information content (AvgIpc) is 2.20. The quantitative estimate of drug-likeness (QED) is 0.846. The normalized spacial score (nSPS) is 11.1. The number of alkyl halides is 3. The third-order valence-electron chi connectivity index (χ3n) is 1.80. The van der Waals surface area contributed by atoms with E-state index in [4.69, 9.17) is 5.11 Å². The number of H-pyrrole nitrogens is 1. The number of aromatic nitrogens is 1. The maximum Gasteiger partial charge on any atom is 0.573 e. The number of carboxylic acids is 1. The first-order valence-electron chi connectivity index (χ1n) is 4.50. The molecule has 100 valence electrons. The summed E-state index contributed by atoms with van der Waals surface area (Å²) in [5.74, 6) is -2.69. The van der Waals surface area contributed by atoms with E-state index in [1.807, 2.05) is 0 Å². The molecule has 1 rings (SSSR count). The largest absolute Gasteiger partial charge is 0.573 e. The second-order valence-corrected chi connectivity index (χ2v) is 3.13. The lowest BCUT2D eigenvalue weighted by Crippen LogP contribution is -2.24. The topological polar surface area (TPSA) is 88.6 Å². The summed E-state index contributed by atoms with van der Waals surface area (Å²) in [7, 11) is 1.17. The predicted octanol–water partition coefficient (Wildman–Crippen LogP) is 0.909. The Kier molecular flexibility index (Phi) is 3.84. The maximum atomic E-state index is 12.1. The van der Waals surface area contributed by atoms with E-state index >= 15 is 0 Å². The van der Waals surface area contributed by atoms with Gasteiger partial charge >= 0.3 is 12.3 Å². The first kappa shape index (κ1) is 13.9. The van der Waals surface area contributed by atoms with Gasteiger partial charge in [-0.15, -0.1) is 13.2 Å². The van der Waals surface area contributed by atoms with Crippen molar-refractivity contribution in [3.63, 3.8) is 0 Å². The summed E-state index contributed by atoms with van der Waals surface area (Å²) >= 11 is 0. The van der Waals surface area contributed by atoms with Gasteiger partial charge < -0.3 is 19.6 Å². The van der Waals surface area contributed by atoms with Crippen LogP contribution in [-0.2, 0) is 11.2 Å². The molecule has 1 aromatic heterocycles. The summed E-state index contributed by atoms with van der Waals surface area (Å²) in [6.07, 6.45) is -5.92. The summed E-state index contributed by atoms with van der Waals surface area (Å²) in [6, 6.07) is 0.729. The van der Waals surface area contributed by atoms with Crippen LogP contribution in [0.1, 0.15) is 5.69 Å². The number of methoxy groups -OCH3 is 1. The highest BCUT2D eigenvalue weighted by atomic mass is 19.4. The molecular weight excluding hydrogens is 259 g/mol. The van der Waals surface area contributed by atoms with Gasteiger partial charge in [-0.3, -0.25) is 9.59 Å². The molecule has 0 bridgehead atoms. The minimum Gasteiger partial charge on any atom is -0.482 e. The zero-order chi connectivity index (χ0) is 13.9. The molecular formula is C9H8F3NO5. The number of rotatable bonds is 4. The molecule has 0 spiro atoms. The van der Waals surface area contributed by atoms with E-state index in [2.05, 4.69) is 14.5 Å². The van der Waals surface area contributed by atoms with Gasteiger partial charge in [0, 0.05) is 6.07 Å². The molecule has 0 saturated carbocycles. The Morgan fingerprint density at radius 3 is 2.56 bits per heavy atom. The average molecular weight is 267 g/mol. The molecule has 2 N–H and O–H groups in total. The SMILES string of the molecule is COc1cc(=O)c(OC(F)(F)F)c(CC(=O)O)[nH]1. The maximum absolute atomic E-state index is 12.1. The minimum atomic E-state index is -5.09. The van der Waals surface area contributed by atoms with Crippen LogP contribution < -0.4 is 14.9 Å². The second-order valence-electron chi connectivity index (χ2n) is 3.13. The Labute approximate surface area is 98.0 Å². The van der Waals surface area contributed by atoms with Crippen molar-refractivity contribution < 1.29 is 32.5 Å². The fourth-order valence-electron chi connectivity index (χ4n) is 1.19. The number of carboxylic acid groups (broad SMARTS) is 1. The molecule has 0 unspecified atom stereocenters. The zero-order valence-electron chi connectivity index (χ0n) is 9.00. The summed E-state index contributed by atoms with van der Waals surface area (Å²) in [6.45, 7) is 0. The van der Waals surface area contributed by atoms with Gasteiger partial charge in [-0.1, -0.05) is 0 Å². The minimum absolute atomic E-state index is 0.161. The van der Waals surface area contributed by atoms with Crippen molar-refractivity contribution in [3.8, 4) is 11.6 Å². The van der Waals surface area contributed by atoms with E-state index in [0.717, 1.165) is 6.07 Å². The van der Waals surface area contributed by atoms with Crippen molar-refractivity contribution in [2.24, 2.45) is 0 Å². The van der Waals surface area contributed by atoms with Gasteiger partial charge in [0.1, 0.15) is 0 Å². The van der Waals surface area contributed by atoms with Crippen LogP contribution in [0.3, 0.4) is 0 Å². The smallest absolute Gasteiger partial charge is 0.482 e. The number of pyridine rings is 1. The van der Waals surface area contributed by atoms with E-state index < -0.39 is 35.6 Å². The Hall–Kier alpha value is -2.19. The third-order valence-corrected chi connectivity index (χ3v) is 1.80. The van der Waals surface area contributed by atoms with Crippen molar-refractivity contribution in [1.82, 2.24) is 4.98 Å². The molecule has 1 aromatic rings. The summed E-state index contributed by atoms with van der Waals surface area (Å²) in [5, 5.41) is 8.54. The van der Waals surface area contributed by atoms with Gasteiger partial charge in [0.05, 0.1) is 19.2 Å². The molecule has 1 heterocycles. The molecule has 0 amide bonds. The lowest BCUT2D eigenvalue weighted by Gasteiger charge is -2.12. The van der Waals surface area contributed by atoms with Crippen LogP contribution in [-0.4, -0.2) is 29.5 Å². The number of halogens is 3. The van der Waals surface area contributed by atoms with E-state index in [9.17, 15) is 22.8 Å². The lowest BCUT2D eigenvalue weighted by atomic mass is 10.2. The fourth-order valence-corrected chi connectivity index (χ4v) is 1.19. The molecule has 0 radical (unpaired) electrons. The zero-order valence-corrected chi connectivity index (χ0v) is 9.00. The number of hydrogen-bond acceptors (Lipinski definition) is 4. The Morgan fingerprint density at radius 1 is 1.50 bits per heavy atom. The number of aromatic amines is 1. The van der Waals surface area contributed by atoms with Crippen LogP contribution in [0.2, 0.25) is 0 Å². The highest BCUT2D eigenvalue weighted by molar-refractivity contribution is 5.70. The molecule has 0 aliphatic carbocycles. The van der Waals surface area contributed by atoms with Gasteiger partial charge in [-0.25, -0.2) is 0 Å². The van der Waals surface area contributed by atoms with Crippen molar-refractivity contribution in [1.29, 1.82) is 0 Å². The second kappa shape index (κ2) is 4.98. The highest BCUT2D eigenvalue weighted by Gasteiger charge is 2.34. The predicted molar refractivity (Wildman–Crippen MR) is 51.6 cm³/mol. The van der Waals surface area contributed by atoms with Crippen molar-refractivity contribution in [2.45, 2.75) is 12.8 Å².